The predicted octanol–water partition coefficient (Wildman–Crippen LogP) is 0.769. The molecular weight excluding hydrogens is 161 g/mol. The van der Waals surface area contributed by atoms with Crippen LogP contribution in [-0.2, 0) is 9.61 Å². The van der Waals surface area contributed by atoms with Crippen LogP contribution in [0.25, 0.3) is 0 Å². The Bertz CT molecular complexity index is 182. The average Bonchev–Trinajstić information content (AvgIpc) is 2.08. The number of nitrogens with two attached hydrogens (primary N) is 1. The fourth-order valence-electron chi connectivity index (χ4n) is 0.472. The van der Waals surface area contributed by atoms with E-state index in [1.54, 1.807) is 0 Å². The molecule has 1 aromatic carbocycles. The Labute approximate surface area is 70.5 Å². The molecule has 1 radical (unpaired) electrons. The van der Waals surface area contributed by atoms with Gasteiger partial charge in [-0.3, -0.25) is 20.1 Å². The summed E-state index contributed by atoms with van der Waals surface area (Å²) in [5, 5.41) is 14.5. The molecule has 4 N–H and O–H groups in total. The van der Waals surface area contributed by atoms with Gasteiger partial charge in [0.1, 0.15) is 0 Å². The number of hydrogen-bond donors (Lipinski definition) is 3. The Morgan fingerprint density at radius 2 is 1.58 bits per heavy atom. The van der Waals surface area contributed by atoms with Gasteiger partial charge in [0, 0.05) is 5.69 Å². The maximum Gasteiger partial charge on any atom is 0.557 e. The molecule has 5 nitrogen and oxygen atoms in total. The first-order chi connectivity index (χ1) is 5.81. The third kappa shape index (κ3) is 7.04. The van der Waals surface area contributed by atoms with Crippen molar-refractivity contribution in [2.45, 2.75) is 0 Å². The van der Waals surface area contributed by atoms with Gasteiger partial charge in [-0.25, -0.2) is 0 Å². The minimum absolute atomic E-state index is 0.361. The van der Waals surface area contributed by atoms with Gasteiger partial charge in [-0.15, -0.1) is 0 Å². The molecule has 0 saturated carbocycles. The van der Waals surface area contributed by atoms with Gasteiger partial charge in [-0.2, -0.15) is 0 Å². The second kappa shape index (κ2) is 8.03. The van der Waals surface area contributed by atoms with Crippen molar-refractivity contribution in [1.29, 1.82) is 0 Å². The lowest BCUT2D eigenvalue weighted by Crippen LogP contribution is -1.95. The zero-order valence-electron chi connectivity index (χ0n) is 6.25. The molecule has 0 fully saturated rings. The van der Waals surface area contributed by atoms with Crippen molar-refractivity contribution in [3.63, 3.8) is 0 Å². The maximum absolute atomic E-state index is 7.23. The van der Waals surface area contributed by atoms with Gasteiger partial charge in [0.25, 0.3) is 0 Å². The van der Waals surface area contributed by atoms with Gasteiger partial charge < -0.3 is 5.73 Å². The van der Waals surface area contributed by atoms with E-state index in [-0.39, 0.29) is 0 Å². The Hall–Kier alpha value is -1.08. The van der Waals surface area contributed by atoms with Crippen LogP contribution < -0.4 is 5.73 Å². The van der Waals surface area contributed by atoms with Crippen LogP contribution >= 0.6 is 0 Å². The van der Waals surface area contributed by atoms with Crippen molar-refractivity contribution >= 4 is 13.4 Å². The third-order valence-electron chi connectivity index (χ3n) is 0.886. The Balaban J connectivity index is 0.000000217. The molecule has 0 aliphatic carbocycles. The normalized spacial score (nSPS) is 8.17. The van der Waals surface area contributed by atoms with E-state index >= 15 is 0 Å². The molecule has 0 aliphatic heterocycles. The number of benzene rings is 1. The monoisotopic (exact) mass is 170 g/mol. The minimum Gasteiger partial charge on any atom is -0.399 e. The van der Waals surface area contributed by atoms with E-state index in [9.17, 15) is 0 Å². The van der Waals surface area contributed by atoms with Crippen LogP contribution in [0.3, 0.4) is 0 Å². The fraction of sp³-hybridized carbons (Fsp3) is 0. The first-order valence-corrected chi connectivity index (χ1v) is 3.04. The minimum atomic E-state index is 0.361. The molecule has 0 aliphatic rings. The number of anilines is 1. The molecular formula is C6H9BNO4. The van der Waals surface area contributed by atoms with Crippen molar-refractivity contribution in [3.05, 3.63) is 30.3 Å². The molecule has 1 aromatic rings. The molecule has 12 heavy (non-hydrogen) atoms. The molecule has 6 heteroatoms. The molecule has 0 saturated heterocycles. The Kier molecular flexibility index (Phi) is 7.31. The summed E-state index contributed by atoms with van der Waals surface area (Å²) in [6.07, 6.45) is 0. The van der Waals surface area contributed by atoms with Crippen LogP contribution in [0, 0.1) is 0 Å². The first kappa shape index (κ1) is 10.9. The predicted molar refractivity (Wildman–Crippen MR) is 44.0 cm³/mol. The Morgan fingerprint density at radius 3 is 1.75 bits per heavy atom. The lowest BCUT2D eigenvalue weighted by molar-refractivity contribution is -0.214. The summed E-state index contributed by atoms with van der Waals surface area (Å²) in [7, 11) is 0.361. The molecule has 0 spiro atoms. The van der Waals surface area contributed by atoms with E-state index in [1.165, 1.54) is 0 Å². The van der Waals surface area contributed by atoms with E-state index in [2.05, 4.69) is 9.61 Å². The highest BCUT2D eigenvalue weighted by Crippen LogP contribution is 1.95. The van der Waals surface area contributed by atoms with E-state index in [0.29, 0.717) is 7.69 Å². The van der Waals surface area contributed by atoms with Gasteiger partial charge in [-0.1, -0.05) is 18.2 Å². The van der Waals surface area contributed by atoms with Crippen LogP contribution in [0.4, 0.5) is 5.69 Å². The summed E-state index contributed by atoms with van der Waals surface area (Å²) in [6, 6.07) is 9.49. The zero-order valence-corrected chi connectivity index (χ0v) is 6.25. The van der Waals surface area contributed by atoms with Gasteiger partial charge in [0.2, 0.25) is 0 Å². The number of nitrogen functional groups attached to an aromatic ring is 1. The van der Waals surface area contributed by atoms with Crippen molar-refractivity contribution in [1.82, 2.24) is 0 Å². The lowest BCUT2D eigenvalue weighted by atomic mass is 10.3. The third-order valence-corrected chi connectivity index (χ3v) is 0.886. The molecule has 0 bridgehead atoms. The highest BCUT2D eigenvalue weighted by Gasteiger charge is 1.81. The smallest absolute Gasteiger partial charge is 0.399 e. The Morgan fingerprint density at radius 1 is 1.08 bits per heavy atom. The van der Waals surface area contributed by atoms with Crippen molar-refractivity contribution in [2.75, 3.05) is 5.73 Å². The van der Waals surface area contributed by atoms with Crippen LogP contribution in [0.5, 0.6) is 0 Å². The molecule has 0 unspecified atom stereocenters. The van der Waals surface area contributed by atoms with Gasteiger partial charge in [0.05, 0.1) is 0 Å². The summed E-state index contributed by atoms with van der Waals surface area (Å²) in [5.41, 5.74) is 6.18. The average molecular weight is 170 g/mol. The van der Waals surface area contributed by atoms with Crippen LogP contribution in [0.1, 0.15) is 0 Å². The highest BCUT2D eigenvalue weighted by molar-refractivity contribution is 6.16. The summed E-state index contributed by atoms with van der Waals surface area (Å²) >= 11 is 0. The van der Waals surface area contributed by atoms with E-state index in [4.69, 9.17) is 16.2 Å². The summed E-state index contributed by atoms with van der Waals surface area (Å²) in [5.74, 6) is 0. The zero-order chi connectivity index (χ0) is 9.23. The summed E-state index contributed by atoms with van der Waals surface area (Å²) in [4.78, 5) is 6.19. The SMILES string of the molecule is Nc1ccccc1.OO[B]OO. The van der Waals surface area contributed by atoms with Crippen LogP contribution in [-0.4, -0.2) is 18.2 Å². The number of rotatable bonds is 2. The molecule has 0 aromatic heterocycles. The van der Waals surface area contributed by atoms with Crippen molar-refractivity contribution < 1.29 is 20.1 Å². The summed E-state index contributed by atoms with van der Waals surface area (Å²) < 4.78 is 0. The van der Waals surface area contributed by atoms with Crippen molar-refractivity contribution in [3.8, 4) is 0 Å². The van der Waals surface area contributed by atoms with Crippen LogP contribution in [0.15, 0.2) is 30.3 Å². The number of para-hydroxylation sites is 1. The van der Waals surface area contributed by atoms with Crippen molar-refractivity contribution in [2.24, 2.45) is 0 Å². The number of hydrogen-bond acceptors (Lipinski definition) is 5. The maximum atomic E-state index is 7.23. The van der Waals surface area contributed by atoms with E-state index in [0.717, 1.165) is 5.69 Å². The molecule has 0 atom stereocenters. The molecule has 0 amide bonds. The second-order valence-electron chi connectivity index (χ2n) is 1.72. The van der Waals surface area contributed by atoms with E-state index in [1.807, 2.05) is 30.3 Å². The van der Waals surface area contributed by atoms with Gasteiger partial charge in [-0.05, 0) is 12.1 Å². The first-order valence-electron chi connectivity index (χ1n) is 3.04. The topological polar surface area (TPSA) is 84.9 Å². The second-order valence-corrected chi connectivity index (χ2v) is 1.72. The molecule has 1 rings (SSSR count). The summed E-state index contributed by atoms with van der Waals surface area (Å²) in [6.45, 7) is 0. The largest absolute Gasteiger partial charge is 0.557 e. The van der Waals surface area contributed by atoms with Crippen LogP contribution in [0.2, 0.25) is 0 Å². The van der Waals surface area contributed by atoms with Gasteiger partial charge in [0.15, 0.2) is 0 Å². The lowest BCUT2D eigenvalue weighted by Gasteiger charge is -1.83. The molecule has 65 valence electrons. The van der Waals surface area contributed by atoms with Gasteiger partial charge >= 0.3 is 7.69 Å². The quantitative estimate of drug-likeness (QED) is 0.264. The fourth-order valence-corrected chi connectivity index (χ4v) is 0.472. The van der Waals surface area contributed by atoms with E-state index < -0.39 is 0 Å². The highest BCUT2D eigenvalue weighted by atomic mass is 17.2. The standard InChI is InChI=1S/C6H7N.BH2O4/c7-6-4-2-1-3-5-6;2-4-1-5-3/h1-5H,7H2;2-3H. The molecule has 0 heterocycles.